The molecule has 0 saturated carbocycles. The molecule has 1 saturated heterocycles. The number of anilines is 1. The van der Waals surface area contributed by atoms with Gasteiger partial charge in [-0.05, 0) is 24.6 Å². The number of hydrogen-bond donors (Lipinski definition) is 1. The Hall–Kier alpha value is -1.93. The first-order valence-corrected chi connectivity index (χ1v) is 8.87. The minimum absolute atomic E-state index is 0.223. The Bertz CT molecular complexity index is 751. The quantitative estimate of drug-likeness (QED) is 0.892. The van der Waals surface area contributed by atoms with Gasteiger partial charge in [-0.15, -0.1) is 5.10 Å². The Morgan fingerprint density at radius 3 is 2.95 bits per heavy atom. The minimum atomic E-state index is -3.27. The summed E-state index contributed by atoms with van der Waals surface area (Å²) in [5.74, 6) is 0.736. The van der Waals surface area contributed by atoms with Gasteiger partial charge < -0.3 is 14.5 Å². The molecule has 1 aliphatic rings. The summed E-state index contributed by atoms with van der Waals surface area (Å²) in [5.41, 5.74) is 0.577. The molecule has 3 rings (SSSR count). The van der Waals surface area contributed by atoms with Crippen molar-refractivity contribution in [3.8, 4) is 11.5 Å². The van der Waals surface area contributed by atoms with E-state index in [1.807, 2.05) is 0 Å². The monoisotopic (exact) mass is 323 g/mol. The number of hydrogen-bond acceptors (Lipinski definition) is 7. The number of benzene rings is 1. The number of nitrogens with one attached hydrogen (secondary N) is 1. The summed E-state index contributed by atoms with van der Waals surface area (Å²) in [4.78, 5) is 0.223. The Labute approximate surface area is 128 Å². The summed E-state index contributed by atoms with van der Waals surface area (Å²) in [5, 5.41) is 11.0. The second-order valence-electron chi connectivity index (χ2n) is 5.32. The molecule has 0 radical (unpaired) electrons. The third-order valence-electron chi connectivity index (χ3n) is 3.50. The van der Waals surface area contributed by atoms with Gasteiger partial charge in [0.05, 0.1) is 11.5 Å². The van der Waals surface area contributed by atoms with E-state index < -0.39 is 9.84 Å². The molecule has 8 heteroatoms. The first-order valence-electron chi connectivity index (χ1n) is 6.98. The molecule has 1 aliphatic heterocycles. The lowest BCUT2D eigenvalue weighted by atomic mass is 10.1. The molecule has 0 bridgehead atoms. The van der Waals surface area contributed by atoms with Crippen LogP contribution in [-0.2, 0) is 14.6 Å². The summed E-state index contributed by atoms with van der Waals surface area (Å²) in [7, 11) is -3.27. The molecule has 0 amide bonds. The molecule has 1 atom stereocenters. The third-order valence-corrected chi connectivity index (χ3v) is 4.61. The van der Waals surface area contributed by atoms with Crippen molar-refractivity contribution in [1.82, 2.24) is 10.2 Å². The molecular weight excluding hydrogens is 306 g/mol. The van der Waals surface area contributed by atoms with Gasteiger partial charge in [-0.3, -0.25) is 0 Å². The maximum Gasteiger partial charge on any atom is 0.315 e. The average molecular weight is 323 g/mol. The molecule has 0 aliphatic carbocycles. The number of rotatable bonds is 5. The highest BCUT2D eigenvalue weighted by Gasteiger charge is 2.17. The van der Waals surface area contributed by atoms with Gasteiger partial charge in [0.2, 0.25) is 5.89 Å². The summed E-state index contributed by atoms with van der Waals surface area (Å²) in [6.07, 6.45) is 2.18. The van der Waals surface area contributed by atoms with Crippen LogP contribution in [0, 0.1) is 5.92 Å². The van der Waals surface area contributed by atoms with Gasteiger partial charge in [0.25, 0.3) is 0 Å². The zero-order chi connectivity index (χ0) is 15.6. The lowest BCUT2D eigenvalue weighted by molar-refractivity contribution is 0.187. The molecule has 0 spiro atoms. The van der Waals surface area contributed by atoms with Gasteiger partial charge in [-0.2, -0.15) is 0 Å². The molecule has 1 unspecified atom stereocenters. The molecule has 22 heavy (non-hydrogen) atoms. The maximum atomic E-state index is 11.6. The number of sulfone groups is 1. The second-order valence-corrected chi connectivity index (χ2v) is 7.34. The fourth-order valence-corrected chi connectivity index (χ4v) is 2.91. The average Bonchev–Trinajstić information content (AvgIpc) is 3.16. The lowest BCUT2D eigenvalue weighted by Crippen LogP contribution is -2.14. The van der Waals surface area contributed by atoms with Crippen LogP contribution in [0.5, 0.6) is 0 Å². The molecule has 118 valence electrons. The highest BCUT2D eigenvalue weighted by Crippen LogP contribution is 2.23. The van der Waals surface area contributed by atoms with Crippen LogP contribution >= 0.6 is 0 Å². The molecule has 7 nitrogen and oxygen atoms in total. The second kappa shape index (κ2) is 6.05. The maximum absolute atomic E-state index is 11.6. The van der Waals surface area contributed by atoms with Crippen LogP contribution in [0.25, 0.3) is 11.5 Å². The van der Waals surface area contributed by atoms with Crippen LogP contribution in [0.1, 0.15) is 6.42 Å². The summed E-state index contributed by atoms with van der Waals surface area (Å²) in [6.45, 7) is 2.25. The van der Waals surface area contributed by atoms with E-state index in [0.29, 0.717) is 24.0 Å². The standard InChI is InChI=1S/C14H17N3O4S/c1-22(18,19)12-4-2-3-11(7-12)13-16-17-14(21-13)15-8-10-5-6-20-9-10/h2-4,7,10H,5-6,8-9H2,1H3,(H,15,17). The zero-order valence-corrected chi connectivity index (χ0v) is 13.0. The molecule has 2 aromatic rings. The van der Waals surface area contributed by atoms with E-state index in [0.717, 1.165) is 25.9 Å². The predicted molar refractivity (Wildman–Crippen MR) is 80.3 cm³/mol. The van der Waals surface area contributed by atoms with Gasteiger partial charge in [0.15, 0.2) is 9.84 Å². The van der Waals surface area contributed by atoms with E-state index in [4.69, 9.17) is 9.15 Å². The fraction of sp³-hybridized carbons (Fsp3) is 0.429. The Kier molecular flexibility index (Phi) is 4.12. The highest BCUT2D eigenvalue weighted by molar-refractivity contribution is 7.90. The molecule has 1 N–H and O–H groups in total. The van der Waals surface area contributed by atoms with Gasteiger partial charge in [-0.25, -0.2) is 8.42 Å². The van der Waals surface area contributed by atoms with Crippen LogP contribution < -0.4 is 5.32 Å². The van der Waals surface area contributed by atoms with Crippen molar-refractivity contribution in [3.63, 3.8) is 0 Å². The van der Waals surface area contributed by atoms with Gasteiger partial charge >= 0.3 is 6.01 Å². The third kappa shape index (κ3) is 3.45. The zero-order valence-electron chi connectivity index (χ0n) is 12.2. The van der Waals surface area contributed by atoms with E-state index >= 15 is 0 Å². The van der Waals surface area contributed by atoms with Crippen molar-refractivity contribution in [2.75, 3.05) is 31.3 Å². The SMILES string of the molecule is CS(=O)(=O)c1cccc(-c2nnc(NCC3CCOC3)o2)c1. The van der Waals surface area contributed by atoms with Crippen LogP contribution in [0.2, 0.25) is 0 Å². The van der Waals surface area contributed by atoms with Crippen molar-refractivity contribution < 1.29 is 17.6 Å². The van der Waals surface area contributed by atoms with Gasteiger partial charge in [0.1, 0.15) is 0 Å². The van der Waals surface area contributed by atoms with Gasteiger partial charge in [0, 0.05) is 30.9 Å². The molecule has 1 aromatic carbocycles. The molecule has 2 heterocycles. The van der Waals surface area contributed by atoms with Crippen molar-refractivity contribution in [1.29, 1.82) is 0 Å². The Morgan fingerprint density at radius 2 is 2.23 bits per heavy atom. The van der Waals surface area contributed by atoms with Crippen molar-refractivity contribution in [3.05, 3.63) is 24.3 Å². The van der Waals surface area contributed by atoms with E-state index in [1.165, 1.54) is 12.1 Å². The Balaban J connectivity index is 1.73. The van der Waals surface area contributed by atoms with E-state index in [2.05, 4.69) is 15.5 Å². The van der Waals surface area contributed by atoms with Crippen molar-refractivity contribution in [2.24, 2.45) is 5.92 Å². The molecule has 1 aromatic heterocycles. The number of ether oxygens (including phenoxy) is 1. The predicted octanol–water partition coefficient (Wildman–Crippen LogP) is 1.59. The van der Waals surface area contributed by atoms with E-state index in [1.54, 1.807) is 12.1 Å². The molecular formula is C14H17N3O4S. The highest BCUT2D eigenvalue weighted by atomic mass is 32.2. The summed E-state index contributed by atoms with van der Waals surface area (Å²) in [6, 6.07) is 6.77. The molecule has 1 fully saturated rings. The van der Waals surface area contributed by atoms with Crippen LogP contribution in [-0.4, -0.2) is 44.6 Å². The van der Waals surface area contributed by atoms with Crippen LogP contribution in [0.3, 0.4) is 0 Å². The topological polar surface area (TPSA) is 94.3 Å². The first-order chi connectivity index (χ1) is 10.5. The van der Waals surface area contributed by atoms with E-state index in [9.17, 15) is 8.42 Å². The minimum Gasteiger partial charge on any atom is -0.403 e. The van der Waals surface area contributed by atoms with E-state index in [-0.39, 0.29) is 10.8 Å². The van der Waals surface area contributed by atoms with Gasteiger partial charge in [-0.1, -0.05) is 11.2 Å². The van der Waals surface area contributed by atoms with Crippen molar-refractivity contribution >= 4 is 15.9 Å². The number of nitrogens with zero attached hydrogens (tertiary/aromatic N) is 2. The fourth-order valence-electron chi connectivity index (χ4n) is 2.25. The number of aromatic nitrogens is 2. The first kappa shape index (κ1) is 15.0. The van der Waals surface area contributed by atoms with Crippen LogP contribution in [0.15, 0.2) is 33.6 Å². The van der Waals surface area contributed by atoms with Crippen molar-refractivity contribution in [2.45, 2.75) is 11.3 Å². The largest absolute Gasteiger partial charge is 0.403 e. The summed E-state index contributed by atoms with van der Waals surface area (Å²) >= 11 is 0. The lowest BCUT2D eigenvalue weighted by Gasteiger charge is -2.06. The summed E-state index contributed by atoms with van der Waals surface area (Å²) < 4.78 is 34.0. The Morgan fingerprint density at radius 1 is 1.36 bits per heavy atom. The smallest absolute Gasteiger partial charge is 0.315 e. The normalized spacial score (nSPS) is 18.5. The van der Waals surface area contributed by atoms with Crippen LogP contribution in [0.4, 0.5) is 6.01 Å².